The van der Waals surface area contributed by atoms with Gasteiger partial charge in [0, 0.05) is 7.05 Å². The van der Waals surface area contributed by atoms with Gasteiger partial charge in [-0.25, -0.2) is 0 Å². The minimum absolute atomic E-state index is 0.0486. The third-order valence-corrected chi connectivity index (χ3v) is 2.80. The van der Waals surface area contributed by atoms with Crippen molar-refractivity contribution in [1.82, 2.24) is 20.2 Å². The highest BCUT2D eigenvalue weighted by atomic mass is 16.1. The van der Waals surface area contributed by atoms with Gasteiger partial charge in [0.2, 0.25) is 11.9 Å². The van der Waals surface area contributed by atoms with Gasteiger partial charge in [-0.15, -0.1) is 0 Å². The lowest BCUT2D eigenvalue weighted by Gasteiger charge is -2.20. The number of primary amides is 1. The van der Waals surface area contributed by atoms with Crippen LogP contribution in [0, 0.1) is 5.92 Å². The summed E-state index contributed by atoms with van der Waals surface area (Å²) >= 11 is 0. The number of anilines is 2. The van der Waals surface area contributed by atoms with Gasteiger partial charge in [-0.1, -0.05) is 13.8 Å². The van der Waals surface area contributed by atoms with E-state index >= 15 is 0 Å². The topological polar surface area (TPSA) is 122 Å². The zero-order valence-corrected chi connectivity index (χ0v) is 11.1. The summed E-state index contributed by atoms with van der Waals surface area (Å²) in [6, 6.07) is -0.502. The van der Waals surface area contributed by atoms with E-state index in [-0.39, 0.29) is 5.92 Å². The highest BCUT2D eigenvalue weighted by Crippen LogP contribution is 2.21. The van der Waals surface area contributed by atoms with Crippen molar-refractivity contribution in [3.63, 3.8) is 0 Å². The molecule has 1 atom stereocenters. The third kappa shape index (κ3) is 2.56. The molecule has 0 aliphatic heterocycles. The zero-order valence-electron chi connectivity index (χ0n) is 11.1. The molecular formula is C11H17N7O. The molecule has 0 saturated carbocycles. The number of hydrogen-bond acceptors (Lipinski definition) is 6. The van der Waals surface area contributed by atoms with Crippen LogP contribution in [-0.2, 0) is 4.79 Å². The monoisotopic (exact) mass is 263 g/mol. The van der Waals surface area contributed by atoms with Crippen molar-refractivity contribution in [2.45, 2.75) is 19.9 Å². The lowest BCUT2D eigenvalue weighted by Crippen LogP contribution is -2.39. The Morgan fingerprint density at radius 1 is 1.42 bits per heavy atom. The van der Waals surface area contributed by atoms with Gasteiger partial charge in [0.15, 0.2) is 5.65 Å². The Morgan fingerprint density at radius 2 is 2.16 bits per heavy atom. The highest BCUT2D eigenvalue weighted by Gasteiger charge is 2.21. The number of aromatic nitrogens is 4. The van der Waals surface area contributed by atoms with Gasteiger partial charge in [-0.3, -0.25) is 9.89 Å². The number of carbonyl (C=O) groups is 1. The van der Waals surface area contributed by atoms with Crippen molar-refractivity contribution in [1.29, 1.82) is 0 Å². The second-order valence-corrected chi connectivity index (χ2v) is 4.55. The van der Waals surface area contributed by atoms with Gasteiger partial charge in [0.05, 0.1) is 11.6 Å². The number of fused-ring (bicyclic) bond motifs is 1. The average molecular weight is 263 g/mol. The summed E-state index contributed by atoms with van der Waals surface area (Å²) in [6.45, 7) is 3.82. The Morgan fingerprint density at radius 3 is 2.74 bits per heavy atom. The predicted molar refractivity (Wildman–Crippen MR) is 72.7 cm³/mol. The molecule has 2 rings (SSSR count). The van der Waals surface area contributed by atoms with E-state index in [9.17, 15) is 4.79 Å². The first-order valence-corrected chi connectivity index (χ1v) is 5.97. The second-order valence-electron chi connectivity index (χ2n) is 4.55. The molecule has 102 valence electrons. The lowest BCUT2D eigenvalue weighted by atomic mass is 10.0. The molecule has 0 fully saturated rings. The van der Waals surface area contributed by atoms with Crippen LogP contribution >= 0.6 is 0 Å². The quantitative estimate of drug-likeness (QED) is 0.616. The molecule has 5 N–H and O–H groups in total. The number of nitrogens with two attached hydrogens (primary N) is 1. The first-order chi connectivity index (χ1) is 9.02. The molecule has 0 aromatic carbocycles. The van der Waals surface area contributed by atoms with E-state index in [4.69, 9.17) is 5.73 Å². The van der Waals surface area contributed by atoms with Crippen LogP contribution in [0.25, 0.3) is 11.0 Å². The van der Waals surface area contributed by atoms with Crippen LogP contribution in [0.3, 0.4) is 0 Å². The summed E-state index contributed by atoms with van der Waals surface area (Å²) in [6.07, 6.45) is 1.61. The summed E-state index contributed by atoms with van der Waals surface area (Å²) in [5.74, 6) is 0.593. The normalized spacial score (nSPS) is 12.6. The van der Waals surface area contributed by atoms with Gasteiger partial charge < -0.3 is 16.4 Å². The number of H-pyrrole nitrogens is 1. The fourth-order valence-corrected chi connectivity index (χ4v) is 1.77. The summed E-state index contributed by atoms with van der Waals surface area (Å²) in [5, 5.41) is 13.3. The summed E-state index contributed by atoms with van der Waals surface area (Å²) in [7, 11) is 1.72. The van der Waals surface area contributed by atoms with E-state index in [0.717, 1.165) is 0 Å². The summed E-state index contributed by atoms with van der Waals surface area (Å²) in [4.78, 5) is 20.0. The van der Waals surface area contributed by atoms with Crippen molar-refractivity contribution in [2.24, 2.45) is 11.7 Å². The van der Waals surface area contributed by atoms with Crippen LogP contribution in [0.1, 0.15) is 13.8 Å². The summed E-state index contributed by atoms with van der Waals surface area (Å²) < 4.78 is 0. The molecular weight excluding hydrogens is 246 g/mol. The van der Waals surface area contributed by atoms with Crippen LogP contribution in [-0.4, -0.2) is 39.2 Å². The van der Waals surface area contributed by atoms with Crippen LogP contribution in [0.5, 0.6) is 0 Å². The molecule has 0 aliphatic carbocycles. The zero-order chi connectivity index (χ0) is 14.0. The minimum atomic E-state index is -0.502. The van der Waals surface area contributed by atoms with Gasteiger partial charge in [0.25, 0.3) is 0 Å². The molecule has 0 bridgehead atoms. The molecule has 8 heteroatoms. The Hall–Kier alpha value is -2.38. The smallest absolute Gasteiger partial charge is 0.240 e. The molecule has 2 aromatic rings. The molecule has 1 unspecified atom stereocenters. The van der Waals surface area contributed by atoms with Gasteiger partial charge in [0.1, 0.15) is 11.9 Å². The van der Waals surface area contributed by atoms with Gasteiger partial charge >= 0.3 is 0 Å². The van der Waals surface area contributed by atoms with Crippen molar-refractivity contribution in [3.8, 4) is 0 Å². The first-order valence-electron chi connectivity index (χ1n) is 5.97. The molecule has 2 aromatic heterocycles. The Labute approximate surface area is 110 Å². The number of amides is 1. The van der Waals surface area contributed by atoms with E-state index in [1.807, 2.05) is 13.8 Å². The van der Waals surface area contributed by atoms with Crippen LogP contribution < -0.4 is 16.4 Å². The second kappa shape index (κ2) is 5.09. The van der Waals surface area contributed by atoms with Crippen LogP contribution in [0.4, 0.5) is 11.8 Å². The van der Waals surface area contributed by atoms with E-state index in [1.165, 1.54) is 0 Å². The largest absolute Gasteiger partial charge is 0.368 e. The van der Waals surface area contributed by atoms with Crippen molar-refractivity contribution < 1.29 is 4.79 Å². The van der Waals surface area contributed by atoms with E-state index in [2.05, 4.69) is 30.8 Å². The predicted octanol–water partition coefficient (Wildman–Crippen LogP) is 0.316. The Kier molecular flexibility index (Phi) is 3.50. The Bertz CT molecular complexity index is 592. The number of nitrogens with one attached hydrogen (secondary N) is 3. The molecule has 0 aliphatic rings. The summed E-state index contributed by atoms with van der Waals surface area (Å²) in [5.41, 5.74) is 5.98. The third-order valence-electron chi connectivity index (χ3n) is 2.80. The van der Waals surface area contributed by atoms with E-state index in [1.54, 1.807) is 13.2 Å². The van der Waals surface area contributed by atoms with Crippen LogP contribution in [0.15, 0.2) is 6.20 Å². The fourth-order valence-electron chi connectivity index (χ4n) is 1.77. The Balaban J connectivity index is 2.43. The van der Waals surface area contributed by atoms with Gasteiger partial charge in [-0.05, 0) is 5.92 Å². The number of nitrogens with zero attached hydrogens (tertiary/aromatic N) is 3. The van der Waals surface area contributed by atoms with Crippen molar-refractivity contribution >= 4 is 28.7 Å². The molecule has 0 saturated heterocycles. The highest BCUT2D eigenvalue weighted by molar-refractivity contribution is 5.90. The number of carbonyl (C=O) groups excluding carboxylic acids is 1. The van der Waals surface area contributed by atoms with E-state index in [0.29, 0.717) is 22.8 Å². The number of hydrogen-bond donors (Lipinski definition) is 4. The molecule has 0 spiro atoms. The number of rotatable bonds is 5. The first kappa shape index (κ1) is 13.1. The maximum atomic E-state index is 11.5. The standard InChI is InChI=1S/C11H17N7O/c1-5(2)7(8(12)19)15-9-6-4-14-18-10(6)17-11(13-3)16-9/h4-5,7H,1-3H3,(H2,12,19)(H3,13,14,15,16,17,18). The van der Waals surface area contributed by atoms with Crippen molar-refractivity contribution in [2.75, 3.05) is 17.7 Å². The maximum absolute atomic E-state index is 11.5. The lowest BCUT2D eigenvalue weighted by molar-refractivity contribution is -0.119. The molecule has 19 heavy (non-hydrogen) atoms. The molecule has 8 nitrogen and oxygen atoms in total. The maximum Gasteiger partial charge on any atom is 0.240 e. The average Bonchev–Trinajstić information content (AvgIpc) is 2.82. The SMILES string of the molecule is CNc1nc(NC(C(N)=O)C(C)C)c2cn[nH]c2n1. The van der Waals surface area contributed by atoms with Gasteiger partial charge in [-0.2, -0.15) is 15.1 Å². The fraction of sp³-hybridized carbons (Fsp3) is 0.455. The number of aromatic amines is 1. The van der Waals surface area contributed by atoms with Crippen molar-refractivity contribution in [3.05, 3.63) is 6.20 Å². The van der Waals surface area contributed by atoms with Crippen LogP contribution in [0.2, 0.25) is 0 Å². The minimum Gasteiger partial charge on any atom is -0.368 e. The molecule has 1 amide bonds. The molecule has 0 radical (unpaired) electrons. The molecule has 2 heterocycles. The van der Waals surface area contributed by atoms with E-state index < -0.39 is 11.9 Å².